The van der Waals surface area contributed by atoms with Gasteiger partial charge in [-0.25, -0.2) is 0 Å². The molecular formula is C18H22O2S2. The van der Waals surface area contributed by atoms with Gasteiger partial charge in [0.15, 0.2) is 0 Å². The minimum atomic E-state index is 0.730. The number of ether oxygens (including phenoxy) is 2. The Morgan fingerprint density at radius 2 is 1.00 bits per heavy atom. The molecule has 2 nitrogen and oxygen atoms in total. The Balaban J connectivity index is 1.58. The van der Waals surface area contributed by atoms with Gasteiger partial charge in [-0.2, -0.15) is 0 Å². The van der Waals surface area contributed by atoms with Gasteiger partial charge in [0.05, 0.1) is 13.2 Å². The van der Waals surface area contributed by atoms with Gasteiger partial charge in [-0.15, -0.1) is 23.5 Å². The van der Waals surface area contributed by atoms with Gasteiger partial charge in [-0.3, -0.25) is 0 Å². The first-order valence-electron chi connectivity index (χ1n) is 7.35. The topological polar surface area (TPSA) is 18.5 Å². The van der Waals surface area contributed by atoms with E-state index in [9.17, 15) is 0 Å². The Bertz CT molecular complexity index is 487. The van der Waals surface area contributed by atoms with Gasteiger partial charge in [0.25, 0.3) is 0 Å². The highest BCUT2D eigenvalue weighted by Crippen LogP contribution is 2.20. The molecule has 0 saturated carbocycles. The Hall–Kier alpha value is -1.26. The van der Waals surface area contributed by atoms with Crippen LogP contribution in [0.4, 0.5) is 0 Å². The van der Waals surface area contributed by atoms with E-state index in [0.29, 0.717) is 0 Å². The molecule has 0 aliphatic carbocycles. The number of unbranched alkanes of at least 4 members (excludes halogenated alkanes) is 1. The molecule has 0 bridgehead atoms. The van der Waals surface area contributed by atoms with E-state index in [0.717, 1.165) is 37.6 Å². The van der Waals surface area contributed by atoms with E-state index in [1.54, 1.807) is 23.5 Å². The molecule has 0 amide bonds. The SMILES string of the molecule is CSc1ccc(OCCCCOc2ccc(SC)cc2)cc1. The van der Waals surface area contributed by atoms with E-state index in [2.05, 4.69) is 36.8 Å². The van der Waals surface area contributed by atoms with Crippen LogP contribution in [0.15, 0.2) is 58.3 Å². The minimum absolute atomic E-state index is 0.730. The fraction of sp³-hybridized carbons (Fsp3) is 0.333. The Morgan fingerprint density at radius 1 is 0.636 bits per heavy atom. The van der Waals surface area contributed by atoms with Crippen molar-refractivity contribution in [1.29, 1.82) is 0 Å². The first-order valence-corrected chi connectivity index (χ1v) is 9.80. The summed E-state index contributed by atoms with van der Waals surface area (Å²) in [7, 11) is 0. The summed E-state index contributed by atoms with van der Waals surface area (Å²) in [5.41, 5.74) is 0. The van der Waals surface area contributed by atoms with Crippen LogP contribution >= 0.6 is 23.5 Å². The molecule has 0 radical (unpaired) electrons. The molecule has 118 valence electrons. The lowest BCUT2D eigenvalue weighted by Gasteiger charge is -2.08. The largest absolute Gasteiger partial charge is 0.494 e. The average molecular weight is 335 g/mol. The maximum absolute atomic E-state index is 5.72. The minimum Gasteiger partial charge on any atom is -0.494 e. The highest BCUT2D eigenvalue weighted by Gasteiger charge is 1.97. The number of thioether (sulfide) groups is 2. The molecular weight excluding hydrogens is 312 g/mol. The van der Waals surface area contributed by atoms with E-state index >= 15 is 0 Å². The number of hydrogen-bond donors (Lipinski definition) is 0. The highest BCUT2D eigenvalue weighted by atomic mass is 32.2. The molecule has 2 aromatic rings. The van der Waals surface area contributed by atoms with Crippen molar-refractivity contribution < 1.29 is 9.47 Å². The first-order chi connectivity index (χ1) is 10.8. The van der Waals surface area contributed by atoms with Crippen molar-refractivity contribution >= 4 is 23.5 Å². The predicted octanol–water partition coefficient (Wildman–Crippen LogP) is 5.37. The molecule has 2 aromatic carbocycles. The first kappa shape index (κ1) is 17.1. The van der Waals surface area contributed by atoms with E-state index < -0.39 is 0 Å². The van der Waals surface area contributed by atoms with E-state index in [-0.39, 0.29) is 0 Å². The van der Waals surface area contributed by atoms with Crippen LogP contribution in [0.1, 0.15) is 12.8 Å². The van der Waals surface area contributed by atoms with Crippen LogP contribution in [0.3, 0.4) is 0 Å². The molecule has 0 fully saturated rings. The molecule has 0 aromatic heterocycles. The summed E-state index contributed by atoms with van der Waals surface area (Å²) < 4.78 is 11.4. The van der Waals surface area contributed by atoms with Gasteiger partial charge in [-0.1, -0.05) is 0 Å². The van der Waals surface area contributed by atoms with Crippen LogP contribution in [0.2, 0.25) is 0 Å². The lowest BCUT2D eigenvalue weighted by Crippen LogP contribution is -2.02. The van der Waals surface area contributed by atoms with E-state index in [1.807, 2.05) is 24.3 Å². The normalized spacial score (nSPS) is 10.5. The van der Waals surface area contributed by atoms with Crippen LogP contribution in [-0.4, -0.2) is 25.7 Å². The zero-order valence-electron chi connectivity index (χ0n) is 13.1. The highest BCUT2D eigenvalue weighted by molar-refractivity contribution is 7.98. The summed E-state index contributed by atoms with van der Waals surface area (Å²) >= 11 is 3.48. The smallest absolute Gasteiger partial charge is 0.119 e. The molecule has 0 aliphatic heterocycles. The van der Waals surface area contributed by atoms with Gasteiger partial charge >= 0.3 is 0 Å². The second kappa shape index (κ2) is 9.70. The molecule has 0 saturated heterocycles. The van der Waals surface area contributed by atoms with Crippen molar-refractivity contribution in [3.8, 4) is 11.5 Å². The maximum atomic E-state index is 5.72. The molecule has 0 aliphatic rings. The van der Waals surface area contributed by atoms with E-state index in [4.69, 9.17) is 9.47 Å². The number of rotatable bonds is 9. The van der Waals surface area contributed by atoms with Gasteiger partial charge in [0.1, 0.15) is 11.5 Å². The average Bonchev–Trinajstić information content (AvgIpc) is 2.59. The van der Waals surface area contributed by atoms with Crippen molar-refractivity contribution in [1.82, 2.24) is 0 Å². The summed E-state index contributed by atoms with van der Waals surface area (Å²) in [5.74, 6) is 1.87. The molecule has 4 heteroatoms. The van der Waals surface area contributed by atoms with Crippen LogP contribution in [0.25, 0.3) is 0 Å². The van der Waals surface area contributed by atoms with Gasteiger partial charge in [0, 0.05) is 9.79 Å². The third-order valence-corrected chi connectivity index (χ3v) is 4.68. The lowest BCUT2D eigenvalue weighted by atomic mass is 10.3. The summed E-state index contributed by atoms with van der Waals surface area (Å²) in [5, 5.41) is 0. The zero-order chi connectivity index (χ0) is 15.6. The van der Waals surface area contributed by atoms with Crippen molar-refractivity contribution in [2.45, 2.75) is 22.6 Å². The van der Waals surface area contributed by atoms with Crippen LogP contribution in [-0.2, 0) is 0 Å². The zero-order valence-corrected chi connectivity index (χ0v) is 14.7. The van der Waals surface area contributed by atoms with Crippen molar-refractivity contribution in [2.24, 2.45) is 0 Å². The van der Waals surface area contributed by atoms with Crippen molar-refractivity contribution in [2.75, 3.05) is 25.7 Å². The van der Waals surface area contributed by atoms with Crippen LogP contribution in [0, 0.1) is 0 Å². The van der Waals surface area contributed by atoms with Gasteiger partial charge < -0.3 is 9.47 Å². The second-order valence-corrected chi connectivity index (χ2v) is 6.51. The lowest BCUT2D eigenvalue weighted by molar-refractivity contribution is 0.266. The van der Waals surface area contributed by atoms with Crippen LogP contribution in [0.5, 0.6) is 11.5 Å². The predicted molar refractivity (Wildman–Crippen MR) is 96.7 cm³/mol. The maximum Gasteiger partial charge on any atom is 0.119 e. The van der Waals surface area contributed by atoms with Crippen LogP contribution < -0.4 is 9.47 Å². The number of benzene rings is 2. The molecule has 0 spiro atoms. The Kier molecular flexibility index (Phi) is 7.54. The van der Waals surface area contributed by atoms with Gasteiger partial charge in [-0.05, 0) is 73.9 Å². The summed E-state index contributed by atoms with van der Waals surface area (Å²) in [6.45, 7) is 1.46. The monoisotopic (exact) mass is 334 g/mol. The van der Waals surface area contributed by atoms with Gasteiger partial charge in [0.2, 0.25) is 0 Å². The molecule has 0 atom stereocenters. The molecule has 0 unspecified atom stereocenters. The molecule has 0 heterocycles. The molecule has 22 heavy (non-hydrogen) atoms. The van der Waals surface area contributed by atoms with E-state index in [1.165, 1.54) is 9.79 Å². The second-order valence-electron chi connectivity index (χ2n) is 4.76. The summed E-state index contributed by atoms with van der Waals surface area (Å²) in [6, 6.07) is 16.4. The quantitative estimate of drug-likeness (QED) is 0.453. The summed E-state index contributed by atoms with van der Waals surface area (Å²) in [4.78, 5) is 2.52. The standard InChI is InChI=1S/C18H22O2S2/c1-21-17-9-5-15(6-10-17)19-13-3-4-14-20-16-7-11-18(22-2)12-8-16/h5-12H,3-4,13-14H2,1-2H3. The Morgan fingerprint density at radius 3 is 1.32 bits per heavy atom. The number of hydrogen-bond acceptors (Lipinski definition) is 4. The molecule has 0 N–H and O–H groups in total. The third-order valence-electron chi connectivity index (χ3n) is 3.20. The van der Waals surface area contributed by atoms with Crippen molar-refractivity contribution in [3.63, 3.8) is 0 Å². The molecule has 2 rings (SSSR count). The Labute approximate surface area is 141 Å². The third kappa shape index (κ3) is 5.85. The fourth-order valence-electron chi connectivity index (χ4n) is 1.93. The fourth-order valence-corrected chi connectivity index (χ4v) is 2.74. The van der Waals surface area contributed by atoms with Crippen molar-refractivity contribution in [3.05, 3.63) is 48.5 Å². The summed E-state index contributed by atoms with van der Waals surface area (Å²) in [6.07, 6.45) is 6.13.